The molecule has 15 heavy (non-hydrogen) atoms. The molecule has 2 amide bonds. The van der Waals surface area contributed by atoms with Crippen molar-refractivity contribution in [3.63, 3.8) is 0 Å². The molecule has 2 fully saturated rings. The predicted molar refractivity (Wildman–Crippen MR) is 55.6 cm³/mol. The number of hydrogen-bond acceptors (Lipinski definition) is 3. The van der Waals surface area contributed by atoms with Crippen molar-refractivity contribution in [2.75, 3.05) is 26.2 Å². The van der Waals surface area contributed by atoms with E-state index in [4.69, 9.17) is 0 Å². The van der Waals surface area contributed by atoms with Crippen LogP contribution in [0.1, 0.15) is 13.8 Å². The molecule has 2 heterocycles. The zero-order valence-corrected chi connectivity index (χ0v) is 9.19. The standard InChI is InChI=1S/C10H17N3O2/c1-7(8(2)14)12-3-4-13-9(6-12)5-11-10(13)15/h7,9H,3-6H2,1-2H3,(H,11,15). The lowest BCUT2D eigenvalue weighted by atomic mass is 10.1. The van der Waals surface area contributed by atoms with Gasteiger partial charge in [0.15, 0.2) is 0 Å². The molecular formula is C10H17N3O2. The molecule has 5 heteroatoms. The van der Waals surface area contributed by atoms with Crippen molar-refractivity contribution in [2.45, 2.75) is 25.9 Å². The maximum absolute atomic E-state index is 11.3. The fourth-order valence-electron chi connectivity index (χ4n) is 2.24. The molecule has 0 aromatic rings. The molecule has 0 aromatic heterocycles. The van der Waals surface area contributed by atoms with E-state index in [2.05, 4.69) is 10.2 Å². The molecule has 0 spiro atoms. The van der Waals surface area contributed by atoms with Gasteiger partial charge < -0.3 is 10.2 Å². The number of ketones is 1. The number of carbonyl (C=O) groups excluding carboxylic acids is 2. The molecular weight excluding hydrogens is 194 g/mol. The van der Waals surface area contributed by atoms with E-state index in [1.165, 1.54) is 0 Å². The maximum Gasteiger partial charge on any atom is 0.317 e. The average Bonchev–Trinajstić information content (AvgIpc) is 2.59. The van der Waals surface area contributed by atoms with E-state index in [1.807, 2.05) is 11.8 Å². The largest absolute Gasteiger partial charge is 0.336 e. The van der Waals surface area contributed by atoms with Gasteiger partial charge in [-0.25, -0.2) is 4.79 Å². The predicted octanol–water partition coefficient (Wildman–Crippen LogP) is -0.327. The number of hydrogen-bond donors (Lipinski definition) is 1. The van der Waals surface area contributed by atoms with Crippen LogP contribution in [-0.4, -0.2) is 59.9 Å². The van der Waals surface area contributed by atoms with Crippen molar-refractivity contribution >= 4 is 11.8 Å². The molecule has 0 saturated carbocycles. The Morgan fingerprint density at radius 1 is 1.53 bits per heavy atom. The highest BCUT2D eigenvalue weighted by atomic mass is 16.2. The summed E-state index contributed by atoms with van der Waals surface area (Å²) in [5.41, 5.74) is 0. The monoisotopic (exact) mass is 211 g/mol. The Labute approximate surface area is 89.4 Å². The van der Waals surface area contributed by atoms with E-state index in [9.17, 15) is 9.59 Å². The molecule has 2 unspecified atom stereocenters. The van der Waals surface area contributed by atoms with E-state index in [-0.39, 0.29) is 23.9 Å². The smallest absolute Gasteiger partial charge is 0.317 e. The van der Waals surface area contributed by atoms with E-state index in [0.29, 0.717) is 6.54 Å². The molecule has 0 bridgehead atoms. The minimum atomic E-state index is -0.0251. The van der Waals surface area contributed by atoms with E-state index >= 15 is 0 Å². The van der Waals surface area contributed by atoms with E-state index in [0.717, 1.165) is 19.6 Å². The number of rotatable bonds is 2. The normalized spacial score (nSPS) is 28.5. The quantitative estimate of drug-likeness (QED) is 0.680. The van der Waals surface area contributed by atoms with Crippen LogP contribution in [0.3, 0.4) is 0 Å². The molecule has 0 radical (unpaired) electrons. The van der Waals surface area contributed by atoms with Gasteiger partial charge in [-0.2, -0.15) is 0 Å². The lowest BCUT2D eigenvalue weighted by molar-refractivity contribution is -0.122. The third-order valence-corrected chi connectivity index (χ3v) is 3.40. The number of carbonyl (C=O) groups is 2. The van der Waals surface area contributed by atoms with Crippen LogP contribution in [0, 0.1) is 0 Å². The summed E-state index contributed by atoms with van der Waals surface area (Å²) >= 11 is 0. The molecule has 84 valence electrons. The second kappa shape index (κ2) is 3.81. The third-order valence-electron chi connectivity index (χ3n) is 3.40. The minimum absolute atomic E-state index is 0.0251. The Bertz CT molecular complexity index is 292. The van der Waals surface area contributed by atoms with Crippen LogP contribution in [0.25, 0.3) is 0 Å². The van der Waals surface area contributed by atoms with Gasteiger partial charge in [-0.1, -0.05) is 0 Å². The van der Waals surface area contributed by atoms with Crippen molar-refractivity contribution in [3.05, 3.63) is 0 Å². The molecule has 0 aliphatic carbocycles. The third kappa shape index (κ3) is 1.84. The van der Waals surface area contributed by atoms with Gasteiger partial charge in [-0.3, -0.25) is 9.69 Å². The van der Waals surface area contributed by atoms with Crippen LogP contribution in [0.4, 0.5) is 4.79 Å². The number of amides is 2. The Kier molecular flexibility index (Phi) is 2.65. The lowest BCUT2D eigenvalue weighted by Crippen LogP contribution is -2.55. The van der Waals surface area contributed by atoms with Gasteiger partial charge in [0, 0.05) is 26.2 Å². The van der Waals surface area contributed by atoms with Crippen molar-refractivity contribution < 1.29 is 9.59 Å². The summed E-state index contributed by atoms with van der Waals surface area (Å²) < 4.78 is 0. The first-order chi connectivity index (χ1) is 7.09. The lowest BCUT2D eigenvalue weighted by Gasteiger charge is -2.38. The van der Waals surface area contributed by atoms with Crippen LogP contribution in [0.15, 0.2) is 0 Å². The van der Waals surface area contributed by atoms with E-state index in [1.54, 1.807) is 6.92 Å². The summed E-state index contributed by atoms with van der Waals surface area (Å²) in [5.74, 6) is 0.195. The number of nitrogens with zero attached hydrogens (tertiary/aromatic N) is 2. The summed E-state index contributed by atoms with van der Waals surface area (Å²) in [7, 11) is 0. The summed E-state index contributed by atoms with van der Waals surface area (Å²) in [4.78, 5) is 26.6. The fraction of sp³-hybridized carbons (Fsp3) is 0.800. The zero-order chi connectivity index (χ0) is 11.0. The van der Waals surface area contributed by atoms with Crippen molar-refractivity contribution in [1.29, 1.82) is 0 Å². The fourth-order valence-corrected chi connectivity index (χ4v) is 2.24. The number of urea groups is 1. The van der Waals surface area contributed by atoms with Crippen molar-refractivity contribution in [1.82, 2.24) is 15.1 Å². The van der Waals surface area contributed by atoms with Gasteiger partial charge in [0.05, 0.1) is 12.1 Å². The van der Waals surface area contributed by atoms with Crippen LogP contribution in [0.5, 0.6) is 0 Å². The first-order valence-electron chi connectivity index (χ1n) is 5.38. The summed E-state index contributed by atoms with van der Waals surface area (Å²) in [5, 5.41) is 2.83. The van der Waals surface area contributed by atoms with Gasteiger partial charge in [-0.05, 0) is 13.8 Å². The molecule has 2 saturated heterocycles. The number of fused-ring (bicyclic) bond motifs is 1. The molecule has 2 rings (SSSR count). The Hall–Kier alpha value is -1.10. The minimum Gasteiger partial charge on any atom is -0.336 e. The highest BCUT2D eigenvalue weighted by Crippen LogP contribution is 2.16. The maximum atomic E-state index is 11.3. The zero-order valence-electron chi connectivity index (χ0n) is 9.19. The second-order valence-electron chi connectivity index (χ2n) is 4.31. The van der Waals surface area contributed by atoms with Crippen molar-refractivity contribution in [3.8, 4) is 0 Å². The Morgan fingerprint density at radius 2 is 2.27 bits per heavy atom. The summed E-state index contributed by atoms with van der Waals surface area (Å²) in [6.45, 7) is 6.59. The molecule has 2 atom stereocenters. The molecule has 2 aliphatic rings. The molecule has 0 aromatic carbocycles. The highest BCUT2D eigenvalue weighted by molar-refractivity contribution is 5.81. The van der Waals surface area contributed by atoms with Crippen LogP contribution >= 0.6 is 0 Å². The highest BCUT2D eigenvalue weighted by Gasteiger charge is 2.37. The number of Topliss-reactive ketones (excluding diaryl/α,β-unsaturated/α-hetero) is 1. The number of nitrogens with one attached hydrogen (secondary N) is 1. The summed E-state index contributed by atoms with van der Waals surface area (Å²) in [6.07, 6.45) is 0. The van der Waals surface area contributed by atoms with E-state index < -0.39 is 0 Å². The average molecular weight is 211 g/mol. The van der Waals surface area contributed by atoms with Gasteiger partial charge in [0.1, 0.15) is 5.78 Å². The second-order valence-corrected chi connectivity index (χ2v) is 4.31. The van der Waals surface area contributed by atoms with Gasteiger partial charge in [0.2, 0.25) is 0 Å². The van der Waals surface area contributed by atoms with Crippen LogP contribution in [0.2, 0.25) is 0 Å². The molecule has 2 aliphatic heterocycles. The van der Waals surface area contributed by atoms with Gasteiger partial charge in [0.25, 0.3) is 0 Å². The summed E-state index contributed by atoms with van der Waals surface area (Å²) in [6, 6.07) is 0.256. The first-order valence-corrected chi connectivity index (χ1v) is 5.38. The van der Waals surface area contributed by atoms with Crippen LogP contribution < -0.4 is 5.32 Å². The first kappa shape index (κ1) is 10.4. The SMILES string of the molecule is CC(=O)C(C)N1CCN2C(=O)NCC2C1. The van der Waals surface area contributed by atoms with Crippen molar-refractivity contribution in [2.24, 2.45) is 0 Å². The Balaban J connectivity index is 1.99. The molecule has 1 N–H and O–H groups in total. The topological polar surface area (TPSA) is 52.7 Å². The van der Waals surface area contributed by atoms with Gasteiger partial charge >= 0.3 is 6.03 Å². The number of piperazine rings is 1. The van der Waals surface area contributed by atoms with Crippen LogP contribution in [-0.2, 0) is 4.79 Å². The molecule has 5 nitrogen and oxygen atoms in total. The van der Waals surface area contributed by atoms with Gasteiger partial charge in [-0.15, -0.1) is 0 Å². The Morgan fingerprint density at radius 3 is 2.93 bits per heavy atom.